The van der Waals surface area contributed by atoms with E-state index in [1.165, 1.54) is 11.8 Å². The molecule has 8 heteroatoms. The van der Waals surface area contributed by atoms with Crippen LogP contribution in [0.15, 0.2) is 57.3 Å². The number of thioether (sulfide) groups is 2. The second kappa shape index (κ2) is 9.10. The third-order valence-electron chi connectivity index (χ3n) is 4.81. The molecule has 1 aromatic heterocycles. The Morgan fingerprint density at radius 1 is 1.23 bits per heavy atom. The van der Waals surface area contributed by atoms with E-state index < -0.39 is 0 Å². The summed E-state index contributed by atoms with van der Waals surface area (Å²) in [6.45, 7) is 6.11. The summed E-state index contributed by atoms with van der Waals surface area (Å²) in [5.41, 5.74) is 4.35. The molecule has 1 amide bonds. The summed E-state index contributed by atoms with van der Waals surface area (Å²) < 4.78 is 1.64. The molecule has 0 fully saturated rings. The monoisotopic (exact) mass is 471 g/mol. The number of benzene rings is 2. The van der Waals surface area contributed by atoms with E-state index in [2.05, 4.69) is 18.3 Å². The quantitative estimate of drug-likeness (QED) is 0.405. The molecule has 31 heavy (non-hydrogen) atoms. The van der Waals surface area contributed by atoms with Crippen LogP contribution in [0.25, 0.3) is 5.69 Å². The summed E-state index contributed by atoms with van der Waals surface area (Å²) >= 11 is 8.75. The van der Waals surface area contributed by atoms with E-state index in [0.717, 1.165) is 28.9 Å². The molecular formula is C23H22ClN3O2S2. The van der Waals surface area contributed by atoms with Crippen molar-refractivity contribution in [3.05, 3.63) is 74.7 Å². The van der Waals surface area contributed by atoms with Crippen LogP contribution in [0, 0.1) is 13.8 Å². The normalized spacial score (nSPS) is 15.0. The van der Waals surface area contributed by atoms with Crippen molar-refractivity contribution in [1.82, 2.24) is 9.55 Å². The van der Waals surface area contributed by atoms with Gasteiger partial charge in [0.2, 0.25) is 5.91 Å². The molecule has 0 saturated heterocycles. The fraction of sp³-hybridized carbons (Fsp3) is 0.261. The molecule has 3 aromatic rings. The van der Waals surface area contributed by atoms with E-state index in [1.807, 2.05) is 26.0 Å². The smallest absolute Gasteiger partial charge is 0.272 e. The lowest BCUT2D eigenvalue weighted by Gasteiger charge is -2.15. The first-order valence-electron chi connectivity index (χ1n) is 9.89. The maximum absolute atomic E-state index is 13.4. The van der Waals surface area contributed by atoms with Crippen molar-refractivity contribution in [3.8, 4) is 5.69 Å². The molecule has 1 atom stereocenters. The zero-order valence-electron chi connectivity index (χ0n) is 17.4. The van der Waals surface area contributed by atoms with Crippen LogP contribution in [0.2, 0.25) is 5.02 Å². The molecule has 1 aliphatic heterocycles. The minimum Gasteiger partial charge on any atom is -0.325 e. The molecule has 5 nitrogen and oxygen atoms in total. The van der Waals surface area contributed by atoms with E-state index in [0.29, 0.717) is 26.0 Å². The molecule has 2 aromatic carbocycles. The maximum atomic E-state index is 13.4. The Bertz CT molecular complexity index is 1190. The number of aromatic nitrogens is 2. The van der Waals surface area contributed by atoms with Crippen molar-refractivity contribution in [3.63, 3.8) is 0 Å². The van der Waals surface area contributed by atoms with Crippen LogP contribution in [-0.4, -0.2) is 26.5 Å². The van der Waals surface area contributed by atoms with Gasteiger partial charge in [0.25, 0.3) is 5.56 Å². The second-order valence-corrected chi connectivity index (χ2v) is 10.5. The first kappa shape index (κ1) is 22.0. The number of fused-ring (bicyclic) bond motifs is 1. The highest BCUT2D eigenvalue weighted by molar-refractivity contribution is 8.00. The molecule has 0 bridgehead atoms. The highest BCUT2D eigenvalue weighted by atomic mass is 35.5. The van der Waals surface area contributed by atoms with Gasteiger partial charge in [0.15, 0.2) is 5.16 Å². The van der Waals surface area contributed by atoms with Crippen LogP contribution in [-0.2, 0) is 11.2 Å². The topological polar surface area (TPSA) is 64.0 Å². The van der Waals surface area contributed by atoms with E-state index >= 15 is 0 Å². The summed E-state index contributed by atoms with van der Waals surface area (Å²) in [4.78, 5) is 31.4. The number of nitrogens with one attached hydrogen (secondary N) is 1. The lowest BCUT2D eigenvalue weighted by Crippen LogP contribution is -2.25. The fourth-order valence-electron chi connectivity index (χ4n) is 3.56. The van der Waals surface area contributed by atoms with Crippen molar-refractivity contribution >= 4 is 46.7 Å². The van der Waals surface area contributed by atoms with Crippen molar-refractivity contribution in [2.24, 2.45) is 0 Å². The van der Waals surface area contributed by atoms with Gasteiger partial charge in [-0.15, -0.1) is 11.8 Å². The summed E-state index contributed by atoms with van der Waals surface area (Å²) in [6, 6.07) is 13.0. The van der Waals surface area contributed by atoms with Crippen LogP contribution >= 0.6 is 35.1 Å². The van der Waals surface area contributed by atoms with Crippen molar-refractivity contribution < 1.29 is 4.79 Å². The van der Waals surface area contributed by atoms with E-state index in [1.54, 1.807) is 40.6 Å². The number of hydrogen-bond donors (Lipinski definition) is 1. The molecule has 0 aliphatic carbocycles. The lowest BCUT2D eigenvalue weighted by molar-refractivity contribution is -0.113. The Morgan fingerprint density at radius 2 is 1.90 bits per heavy atom. The number of halogens is 1. The van der Waals surface area contributed by atoms with E-state index in [9.17, 15) is 9.59 Å². The molecular weight excluding hydrogens is 450 g/mol. The maximum Gasteiger partial charge on any atom is 0.272 e. The Balaban J connectivity index is 1.65. The van der Waals surface area contributed by atoms with Gasteiger partial charge in [0.05, 0.1) is 22.0 Å². The largest absolute Gasteiger partial charge is 0.325 e. The molecule has 1 N–H and O–H groups in total. The number of aryl methyl sites for hydroxylation is 2. The second-order valence-electron chi connectivity index (χ2n) is 7.63. The predicted octanol–water partition coefficient (Wildman–Crippen LogP) is 5.27. The highest BCUT2D eigenvalue weighted by Crippen LogP contribution is 2.35. The van der Waals surface area contributed by atoms with Gasteiger partial charge < -0.3 is 5.32 Å². The zero-order valence-corrected chi connectivity index (χ0v) is 19.8. The molecule has 0 spiro atoms. The number of carbonyl (C=O) groups is 1. The van der Waals surface area contributed by atoms with Crippen molar-refractivity contribution in [2.75, 3.05) is 11.1 Å². The summed E-state index contributed by atoms with van der Waals surface area (Å²) in [5, 5.41) is 4.32. The van der Waals surface area contributed by atoms with Gasteiger partial charge in [-0.25, -0.2) is 4.98 Å². The van der Waals surface area contributed by atoms with E-state index in [-0.39, 0.29) is 17.2 Å². The zero-order chi connectivity index (χ0) is 22.1. The van der Waals surface area contributed by atoms with E-state index in [4.69, 9.17) is 16.6 Å². The Kier molecular flexibility index (Phi) is 6.46. The molecule has 0 saturated carbocycles. The average molecular weight is 472 g/mol. The molecule has 2 heterocycles. The third kappa shape index (κ3) is 5.00. The van der Waals surface area contributed by atoms with Crippen molar-refractivity contribution in [2.45, 2.75) is 42.5 Å². The number of hydrogen-bond acceptors (Lipinski definition) is 5. The summed E-state index contributed by atoms with van der Waals surface area (Å²) in [7, 11) is 0. The first-order chi connectivity index (χ1) is 14.8. The Morgan fingerprint density at radius 3 is 2.58 bits per heavy atom. The van der Waals surface area contributed by atoms with Gasteiger partial charge >= 0.3 is 0 Å². The Labute approximate surface area is 194 Å². The average Bonchev–Trinajstić information content (AvgIpc) is 3.08. The molecule has 1 aliphatic rings. The minimum absolute atomic E-state index is 0.0649. The van der Waals surface area contributed by atoms with Gasteiger partial charge in [-0.3, -0.25) is 14.2 Å². The standard InChI is InChI=1S/C23H22ClN3O2S2/c1-13-8-14(2)10-18(9-13)27-22(29)21-19(11-15(3)31-21)26-23(27)30-12-20(28)25-17-6-4-16(24)5-7-17/h4-10,15H,11-12H2,1-3H3,(H,25,28). The van der Waals surface area contributed by atoms with Gasteiger partial charge in [-0.05, 0) is 61.4 Å². The fourth-order valence-corrected chi connectivity index (χ4v) is 5.62. The highest BCUT2D eigenvalue weighted by Gasteiger charge is 2.27. The predicted molar refractivity (Wildman–Crippen MR) is 129 cm³/mol. The number of amides is 1. The lowest BCUT2D eigenvalue weighted by atomic mass is 10.1. The van der Waals surface area contributed by atoms with Crippen LogP contribution in [0.3, 0.4) is 0 Å². The van der Waals surface area contributed by atoms with Crippen LogP contribution in [0.1, 0.15) is 23.7 Å². The van der Waals surface area contributed by atoms with Crippen LogP contribution in [0.5, 0.6) is 0 Å². The number of carbonyl (C=O) groups excluding carboxylic acids is 1. The number of rotatable bonds is 5. The molecule has 4 rings (SSSR count). The number of anilines is 1. The van der Waals surface area contributed by atoms with Gasteiger partial charge in [0, 0.05) is 22.4 Å². The SMILES string of the molecule is Cc1cc(C)cc(-n2c(SCC(=O)Nc3ccc(Cl)cc3)nc3c(c2=O)SC(C)C3)c1. The van der Waals surface area contributed by atoms with Gasteiger partial charge in [-0.1, -0.05) is 36.4 Å². The van der Waals surface area contributed by atoms with Crippen LogP contribution < -0.4 is 10.9 Å². The molecule has 0 radical (unpaired) electrons. The molecule has 160 valence electrons. The molecule has 1 unspecified atom stereocenters. The van der Waals surface area contributed by atoms with Gasteiger partial charge in [-0.2, -0.15) is 0 Å². The van der Waals surface area contributed by atoms with Gasteiger partial charge in [0.1, 0.15) is 0 Å². The van der Waals surface area contributed by atoms with Crippen molar-refractivity contribution in [1.29, 1.82) is 0 Å². The Hall–Kier alpha value is -2.22. The number of nitrogens with zero attached hydrogens (tertiary/aromatic N) is 2. The van der Waals surface area contributed by atoms with Crippen LogP contribution in [0.4, 0.5) is 5.69 Å². The minimum atomic E-state index is -0.170. The summed E-state index contributed by atoms with van der Waals surface area (Å²) in [5.74, 6) is -0.0294. The first-order valence-corrected chi connectivity index (χ1v) is 12.1. The summed E-state index contributed by atoms with van der Waals surface area (Å²) in [6.07, 6.45) is 0.757. The third-order valence-corrected chi connectivity index (χ3v) is 7.21.